The third kappa shape index (κ3) is 3.65. The van der Waals surface area contributed by atoms with E-state index in [1.165, 1.54) is 29.5 Å². The summed E-state index contributed by atoms with van der Waals surface area (Å²) in [6, 6.07) is 4.04. The molecule has 7 heteroatoms. The van der Waals surface area contributed by atoms with Gasteiger partial charge in [0.25, 0.3) is 0 Å². The molecule has 0 aliphatic heterocycles. The molecule has 19 heavy (non-hydrogen) atoms. The van der Waals surface area contributed by atoms with E-state index in [0.717, 1.165) is 5.13 Å². The van der Waals surface area contributed by atoms with Crippen molar-refractivity contribution < 1.29 is 9.18 Å². The van der Waals surface area contributed by atoms with Gasteiger partial charge in [-0.3, -0.25) is 4.79 Å². The minimum absolute atomic E-state index is 0.0241. The van der Waals surface area contributed by atoms with Gasteiger partial charge in [0.2, 0.25) is 5.91 Å². The molecule has 0 aliphatic rings. The van der Waals surface area contributed by atoms with E-state index in [1.54, 1.807) is 7.05 Å². The summed E-state index contributed by atoms with van der Waals surface area (Å²) < 4.78 is 13.0. The maximum absolute atomic E-state index is 13.0. The molecule has 4 nitrogen and oxygen atoms in total. The van der Waals surface area contributed by atoms with Crippen molar-refractivity contribution in [2.24, 2.45) is 0 Å². The summed E-state index contributed by atoms with van der Waals surface area (Å²) in [4.78, 5) is 16.0. The highest BCUT2D eigenvalue weighted by Crippen LogP contribution is 2.20. The van der Waals surface area contributed by atoms with Gasteiger partial charge in [-0.2, -0.15) is 0 Å². The predicted molar refractivity (Wildman–Crippen MR) is 75.4 cm³/mol. The number of aromatic nitrogens is 1. The second kappa shape index (κ2) is 5.99. The second-order valence-corrected chi connectivity index (χ2v) is 5.01. The number of halogens is 2. The van der Waals surface area contributed by atoms with Crippen LogP contribution in [0, 0.1) is 5.82 Å². The molecule has 2 N–H and O–H groups in total. The van der Waals surface area contributed by atoms with Gasteiger partial charge >= 0.3 is 0 Å². The summed E-state index contributed by atoms with van der Waals surface area (Å²) in [5.41, 5.74) is 1.14. The Kier molecular flexibility index (Phi) is 4.34. The van der Waals surface area contributed by atoms with E-state index < -0.39 is 5.82 Å². The van der Waals surface area contributed by atoms with E-state index in [1.807, 2.05) is 5.38 Å². The molecule has 2 rings (SSSR count). The Hall–Kier alpha value is -1.66. The van der Waals surface area contributed by atoms with Crippen molar-refractivity contribution in [3.8, 4) is 0 Å². The summed E-state index contributed by atoms with van der Waals surface area (Å²) in [5.74, 6) is -0.742. The van der Waals surface area contributed by atoms with E-state index in [0.29, 0.717) is 11.4 Å². The molecule has 0 aliphatic carbocycles. The molecule has 0 fully saturated rings. The quantitative estimate of drug-likeness (QED) is 0.912. The van der Waals surface area contributed by atoms with Crippen LogP contribution in [0.4, 0.5) is 15.2 Å². The number of benzene rings is 1. The van der Waals surface area contributed by atoms with Gasteiger partial charge in [-0.05, 0) is 18.2 Å². The van der Waals surface area contributed by atoms with Gasteiger partial charge < -0.3 is 10.6 Å². The molecular weight excluding hydrogens is 289 g/mol. The van der Waals surface area contributed by atoms with Crippen molar-refractivity contribution >= 4 is 39.7 Å². The van der Waals surface area contributed by atoms with Crippen LogP contribution >= 0.6 is 22.9 Å². The minimum atomic E-state index is -0.516. The SMILES string of the molecule is CNc1nc(CC(=O)Nc2ccc(F)c(Cl)c2)cs1. The van der Waals surface area contributed by atoms with Crippen LogP contribution in [0.2, 0.25) is 5.02 Å². The van der Waals surface area contributed by atoms with Crippen molar-refractivity contribution in [2.45, 2.75) is 6.42 Å². The van der Waals surface area contributed by atoms with Crippen molar-refractivity contribution in [3.63, 3.8) is 0 Å². The molecule has 100 valence electrons. The fraction of sp³-hybridized carbons (Fsp3) is 0.167. The van der Waals surface area contributed by atoms with Crippen molar-refractivity contribution in [1.82, 2.24) is 4.98 Å². The Morgan fingerprint density at radius 1 is 1.53 bits per heavy atom. The Bertz CT molecular complexity index is 602. The number of anilines is 2. The number of amides is 1. The first kappa shape index (κ1) is 13.8. The smallest absolute Gasteiger partial charge is 0.230 e. The van der Waals surface area contributed by atoms with Crippen molar-refractivity contribution in [3.05, 3.63) is 40.1 Å². The van der Waals surface area contributed by atoms with E-state index in [-0.39, 0.29) is 17.4 Å². The van der Waals surface area contributed by atoms with Crippen LogP contribution in [0.15, 0.2) is 23.6 Å². The molecule has 0 saturated carbocycles. The van der Waals surface area contributed by atoms with Gasteiger partial charge in [0.1, 0.15) is 5.82 Å². The van der Waals surface area contributed by atoms with Gasteiger partial charge in [-0.25, -0.2) is 9.37 Å². The number of hydrogen-bond acceptors (Lipinski definition) is 4. The van der Waals surface area contributed by atoms with Gasteiger partial charge in [0.05, 0.1) is 17.1 Å². The van der Waals surface area contributed by atoms with Gasteiger partial charge in [0.15, 0.2) is 5.13 Å². The number of hydrogen-bond donors (Lipinski definition) is 2. The van der Waals surface area contributed by atoms with Crippen molar-refractivity contribution in [2.75, 3.05) is 17.7 Å². The highest BCUT2D eigenvalue weighted by Gasteiger charge is 2.08. The highest BCUT2D eigenvalue weighted by molar-refractivity contribution is 7.13. The first-order chi connectivity index (χ1) is 9.08. The lowest BCUT2D eigenvalue weighted by Crippen LogP contribution is -2.14. The minimum Gasteiger partial charge on any atom is -0.365 e. The summed E-state index contributed by atoms with van der Waals surface area (Å²) in [5, 5.41) is 8.08. The molecule has 0 saturated heterocycles. The third-order valence-corrected chi connectivity index (χ3v) is 3.51. The highest BCUT2D eigenvalue weighted by atomic mass is 35.5. The van der Waals surface area contributed by atoms with Crippen LogP contribution in [-0.4, -0.2) is 17.9 Å². The number of nitrogens with zero attached hydrogens (tertiary/aromatic N) is 1. The van der Waals surface area contributed by atoms with Crippen LogP contribution in [0.25, 0.3) is 0 Å². The molecular formula is C12H11ClFN3OS. The lowest BCUT2D eigenvalue weighted by molar-refractivity contribution is -0.115. The first-order valence-corrected chi connectivity index (χ1v) is 6.71. The van der Waals surface area contributed by atoms with Crippen LogP contribution in [0.3, 0.4) is 0 Å². The summed E-state index contributed by atoms with van der Waals surface area (Å²) in [6.45, 7) is 0. The average molecular weight is 300 g/mol. The number of rotatable bonds is 4. The molecule has 1 aromatic heterocycles. The van der Waals surface area contributed by atoms with E-state index in [9.17, 15) is 9.18 Å². The fourth-order valence-corrected chi connectivity index (χ4v) is 2.30. The third-order valence-electron chi connectivity index (χ3n) is 2.31. The van der Waals surface area contributed by atoms with E-state index >= 15 is 0 Å². The van der Waals surface area contributed by atoms with E-state index in [2.05, 4.69) is 15.6 Å². The lowest BCUT2D eigenvalue weighted by Gasteiger charge is -2.04. The van der Waals surface area contributed by atoms with Crippen molar-refractivity contribution in [1.29, 1.82) is 0 Å². The topological polar surface area (TPSA) is 54.0 Å². The molecule has 0 unspecified atom stereocenters. The second-order valence-electron chi connectivity index (χ2n) is 3.75. The van der Waals surface area contributed by atoms with Gasteiger partial charge in [-0.1, -0.05) is 11.6 Å². The summed E-state index contributed by atoms with van der Waals surface area (Å²) in [7, 11) is 1.77. The number of thiazole rings is 1. The molecule has 1 amide bonds. The molecule has 0 atom stereocenters. The number of carbonyl (C=O) groups is 1. The van der Waals surface area contributed by atoms with Gasteiger partial charge in [-0.15, -0.1) is 11.3 Å². The Labute approximate surface area is 118 Å². The molecule has 1 heterocycles. The molecule has 0 bridgehead atoms. The molecule has 0 spiro atoms. The average Bonchev–Trinajstić information content (AvgIpc) is 2.81. The molecule has 1 aromatic carbocycles. The zero-order valence-corrected chi connectivity index (χ0v) is 11.6. The maximum Gasteiger partial charge on any atom is 0.230 e. The Balaban J connectivity index is 1.98. The fourth-order valence-electron chi connectivity index (χ4n) is 1.45. The predicted octanol–water partition coefficient (Wildman–Crippen LogP) is 3.16. The summed E-state index contributed by atoms with van der Waals surface area (Å²) in [6.07, 6.45) is 0.160. The zero-order valence-electron chi connectivity index (χ0n) is 10.0. The monoisotopic (exact) mass is 299 g/mol. The number of carbonyl (C=O) groups excluding carboxylic acids is 1. The zero-order chi connectivity index (χ0) is 13.8. The summed E-state index contributed by atoms with van der Waals surface area (Å²) >= 11 is 7.06. The normalized spacial score (nSPS) is 10.3. The standard InChI is InChI=1S/C12H11ClFN3OS/c1-15-12-17-8(6-19-12)5-11(18)16-7-2-3-10(14)9(13)4-7/h2-4,6H,5H2,1H3,(H,15,17)(H,16,18). The maximum atomic E-state index is 13.0. The molecule has 2 aromatic rings. The first-order valence-electron chi connectivity index (χ1n) is 5.45. The Morgan fingerprint density at radius 3 is 2.95 bits per heavy atom. The van der Waals surface area contributed by atoms with Crippen LogP contribution in [-0.2, 0) is 11.2 Å². The van der Waals surface area contributed by atoms with Crippen LogP contribution < -0.4 is 10.6 Å². The number of nitrogens with one attached hydrogen (secondary N) is 2. The van der Waals surface area contributed by atoms with Crippen LogP contribution in [0.1, 0.15) is 5.69 Å². The largest absolute Gasteiger partial charge is 0.365 e. The van der Waals surface area contributed by atoms with Gasteiger partial charge in [0, 0.05) is 18.1 Å². The van der Waals surface area contributed by atoms with Crippen LogP contribution in [0.5, 0.6) is 0 Å². The lowest BCUT2D eigenvalue weighted by atomic mass is 10.2. The van der Waals surface area contributed by atoms with E-state index in [4.69, 9.17) is 11.6 Å². The molecule has 0 radical (unpaired) electrons. The Morgan fingerprint density at radius 2 is 2.32 bits per heavy atom.